The van der Waals surface area contributed by atoms with Gasteiger partial charge in [0, 0.05) is 0 Å². The summed E-state index contributed by atoms with van der Waals surface area (Å²) in [6.45, 7) is 20.5. The van der Waals surface area contributed by atoms with Crippen LogP contribution in [0.5, 0.6) is 0 Å². The zero-order chi connectivity index (χ0) is 23.6. The molecule has 3 rings (SSSR count). The molecular formula is C31H44. The largest absolute Gasteiger partial charge is 0.0991 e. The molecule has 0 N–H and O–H groups in total. The van der Waals surface area contributed by atoms with Crippen LogP contribution in [-0.2, 0) is 0 Å². The molecule has 0 amide bonds. The van der Waals surface area contributed by atoms with Crippen molar-refractivity contribution in [3.63, 3.8) is 0 Å². The van der Waals surface area contributed by atoms with E-state index in [2.05, 4.69) is 109 Å². The highest BCUT2D eigenvalue weighted by molar-refractivity contribution is 5.73. The van der Waals surface area contributed by atoms with Gasteiger partial charge in [-0.3, -0.25) is 0 Å². The average Bonchev–Trinajstić information content (AvgIpc) is 2.78. The van der Waals surface area contributed by atoms with Crippen LogP contribution in [0.2, 0.25) is 0 Å². The van der Waals surface area contributed by atoms with Crippen molar-refractivity contribution in [3.05, 3.63) is 107 Å². The van der Waals surface area contributed by atoms with Gasteiger partial charge < -0.3 is 0 Å². The summed E-state index contributed by atoms with van der Waals surface area (Å²) >= 11 is 0. The number of hydrogen-bond donors (Lipinski definition) is 0. The SMILES string of the molecule is C=C/C=C(\C)c1ccc(C)cc1.CC.CC1=C(c2ccccc2C)CCC=C1.CCC. The van der Waals surface area contributed by atoms with E-state index in [1.54, 1.807) is 0 Å². The standard InChI is InChI=1S/C14H16.C12H14.C3H8.C2H6/c1-11-7-3-5-9-13(11)14-10-6-4-8-12(14)2;1-4-5-11(3)12-8-6-10(2)7-9-12;1-3-2;1-2/h3-5,7-9H,6,10H2,1-2H3;4-9H,1H2,2-3H3;3H2,1-2H3;1-2H3/b;11-5+;;. The molecule has 0 saturated carbocycles. The van der Waals surface area contributed by atoms with Crippen LogP contribution in [0, 0.1) is 13.8 Å². The van der Waals surface area contributed by atoms with Crippen LogP contribution < -0.4 is 0 Å². The molecule has 0 heterocycles. The molecule has 2 aromatic carbocycles. The van der Waals surface area contributed by atoms with Crippen LogP contribution in [-0.4, -0.2) is 0 Å². The van der Waals surface area contributed by atoms with Crippen LogP contribution in [0.3, 0.4) is 0 Å². The minimum absolute atomic E-state index is 1.18. The van der Waals surface area contributed by atoms with E-state index in [4.69, 9.17) is 0 Å². The molecule has 0 fully saturated rings. The first-order valence-corrected chi connectivity index (χ1v) is 11.7. The molecule has 0 atom stereocenters. The van der Waals surface area contributed by atoms with Crippen molar-refractivity contribution in [2.24, 2.45) is 0 Å². The second kappa shape index (κ2) is 17.1. The maximum absolute atomic E-state index is 3.67. The topological polar surface area (TPSA) is 0 Å². The molecule has 0 heteroatoms. The first-order valence-electron chi connectivity index (χ1n) is 11.7. The predicted molar refractivity (Wildman–Crippen MR) is 144 cm³/mol. The minimum Gasteiger partial charge on any atom is -0.0991 e. The second-order valence-electron chi connectivity index (χ2n) is 7.58. The molecule has 0 aliphatic heterocycles. The molecule has 1 aliphatic carbocycles. The molecule has 0 bridgehead atoms. The monoisotopic (exact) mass is 416 g/mol. The normalized spacial score (nSPS) is 12.5. The molecule has 1 aliphatic rings. The van der Waals surface area contributed by atoms with Gasteiger partial charge in [-0.15, -0.1) is 0 Å². The maximum atomic E-state index is 3.67. The summed E-state index contributed by atoms with van der Waals surface area (Å²) in [4.78, 5) is 0. The Bertz CT molecular complexity index is 842. The summed E-state index contributed by atoms with van der Waals surface area (Å²) in [5.74, 6) is 0. The number of allylic oxidation sites excluding steroid dienone is 7. The van der Waals surface area contributed by atoms with E-state index in [0.717, 1.165) is 0 Å². The van der Waals surface area contributed by atoms with Gasteiger partial charge in [0.25, 0.3) is 0 Å². The third kappa shape index (κ3) is 10.8. The van der Waals surface area contributed by atoms with E-state index in [9.17, 15) is 0 Å². The van der Waals surface area contributed by atoms with E-state index < -0.39 is 0 Å². The van der Waals surface area contributed by atoms with Crippen LogP contribution >= 0.6 is 0 Å². The van der Waals surface area contributed by atoms with Crippen molar-refractivity contribution in [1.82, 2.24) is 0 Å². The summed E-state index contributed by atoms with van der Waals surface area (Å²) < 4.78 is 0. The van der Waals surface area contributed by atoms with Gasteiger partial charge in [0.15, 0.2) is 0 Å². The zero-order valence-electron chi connectivity index (χ0n) is 21.3. The van der Waals surface area contributed by atoms with Gasteiger partial charge in [0.2, 0.25) is 0 Å². The lowest BCUT2D eigenvalue weighted by molar-refractivity contribution is 1.03. The fraction of sp³-hybridized carbons (Fsp3) is 0.355. The molecule has 0 spiro atoms. The van der Waals surface area contributed by atoms with E-state index >= 15 is 0 Å². The van der Waals surface area contributed by atoms with Gasteiger partial charge in [-0.1, -0.05) is 119 Å². The van der Waals surface area contributed by atoms with Crippen molar-refractivity contribution in [2.45, 2.75) is 74.7 Å². The smallest absolute Gasteiger partial charge is 0.0192 e. The van der Waals surface area contributed by atoms with Crippen molar-refractivity contribution in [3.8, 4) is 0 Å². The summed E-state index contributed by atoms with van der Waals surface area (Å²) in [7, 11) is 0. The van der Waals surface area contributed by atoms with Gasteiger partial charge >= 0.3 is 0 Å². The molecule has 0 aromatic heterocycles. The highest BCUT2D eigenvalue weighted by Crippen LogP contribution is 2.29. The van der Waals surface area contributed by atoms with Crippen LogP contribution in [0.4, 0.5) is 0 Å². The first-order chi connectivity index (χ1) is 14.9. The number of benzene rings is 2. The van der Waals surface area contributed by atoms with Gasteiger partial charge in [0.05, 0.1) is 0 Å². The number of rotatable bonds is 3. The molecule has 0 saturated heterocycles. The van der Waals surface area contributed by atoms with E-state index in [1.807, 2.05) is 26.0 Å². The summed E-state index contributed by atoms with van der Waals surface area (Å²) in [6.07, 6.45) is 12.0. The third-order valence-corrected chi connectivity index (χ3v) is 4.75. The van der Waals surface area contributed by atoms with Gasteiger partial charge in [0.1, 0.15) is 0 Å². The highest BCUT2D eigenvalue weighted by Gasteiger charge is 2.08. The molecule has 2 aromatic rings. The zero-order valence-corrected chi connectivity index (χ0v) is 21.3. The van der Waals surface area contributed by atoms with E-state index in [0.29, 0.717) is 0 Å². The summed E-state index contributed by atoms with van der Waals surface area (Å²) in [5.41, 5.74) is 9.57. The summed E-state index contributed by atoms with van der Waals surface area (Å²) in [6, 6.07) is 17.1. The summed E-state index contributed by atoms with van der Waals surface area (Å²) in [5, 5.41) is 0. The van der Waals surface area contributed by atoms with E-state index in [-0.39, 0.29) is 0 Å². The molecule has 0 nitrogen and oxygen atoms in total. The number of hydrogen-bond acceptors (Lipinski definition) is 0. The molecule has 0 radical (unpaired) electrons. The predicted octanol–water partition coefficient (Wildman–Crippen LogP) is 10.1. The van der Waals surface area contributed by atoms with Crippen LogP contribution in [0.1, 0.15) is 83.1 Å². The van der Waals surface area contributed by atoms with Crippen molar-refractivity contribution >= 4 is 11.1 Å². The Kier molecular flexibility index (Phi) is 15.7. The minimum atomic E-state index is 1.18. The quantitative estimate of drug-likeness (QED) is 0.436. The van der Waals surface area contributed by atoms with Crippen molar-refractivity contribution in [1.29, 1.82) is 0 Å². The van der Waals surface area contributed by atoms with Crippen LogP contribution in [0.15, 0.2) is 85.0 Å². The molecule has 168 valence electrons. The second-order valence-corrected chi connectivity index (χ2v) is 7.58. The average molecular weight is 417 g/mol. The lowest BCUT2D eigenvalue weighted by Crippen LogP contribution is -1.94. The Morgan fingerprint density at radius 1 is 0.935 bits per heavy atom. The van der Waals surface area contributed by atoms with Gasteiger partial charge in [-0.25, -0.2) is 0 Å². The number of aryl methyl sites for hydroxylation is 2. The van der Waals surface area contributed by atoms with Crippen LogP contribution in [0.25, 0.3) is 11.1 Å². The first kappa shape index (κ1) is 28.4. The third-order valence-electron chi connectivity index (χ3n) is 4.75. The molecule has 31 heavy (non-hydrogen) atoms. The Hall–Kier alpha value is -2.60. The maximum Gasteiger partial charge on any atom is -0.0192 e. The van der Waals surface area contributed by atoms with E-state index in [1.165, 1.54) is 58.2 Å². The van der Waals surface area contributed by atoms with Gasteiger partial charge in [-0.2, -0.15) is 0 Å². The van der Waals surface area contributed by atoms with Gasteiger partial charge in [-0.05, 0) is 73.9 Å². The Morgan fingerprint density at radius 2 is 1.52 bits per heavy atom. The Morgan fingerprint density at radius 3 is 2.03 bits per heavy atom. The van der Waals surface area contributed by atoms with Crippen molar-refractivity contribution < 1.29 is 0 Å². The fourth-order valence-corrected chi connectivity index (χ4v) is 3.13. The highest BCUT2D eigenvalue weighted by atomic mass is 14.1. The lowest BCUT2D eigenvalue weighted by atomic mass is 9.90. The lowest BCUT2D eigenvalue weighted by Gasteiger charge is -2.15. The Labute approximate surface area is 193 Å². The fourth-order valence-electron chi connectivity index (χ4n) is 3.13. The molecule has 0 unspecified atom stereocenters. The molecular weight excluding hydrogens is 372 g/mol. The van der Waals surface area contributed by atoms with Crippen molar-refractivity contribution in [2.75, 3.05) is 0 Å². The Balaban J connectivity index is 0.000000486.